The summed E-state index contributed by atoms with van der Waals surface area (Å²) >= 11 is 0. The Morgan fingerprint density at radius 1 is 0.931 bits per heavy atom. The van der Waals surface area contributed by atoms with E-state index in [2.05, 4.69) is 10.2 Å². The Bertz CT molecular complexity index is 1380. The quantitative estimate of drug-likeness (QED) is 0.202. The van der Waals surface area contributed by atoms with Gasteiger partial charge in [0, 0.05) is 11.1 Å². The average molecular weight is 438 g/mol. The van der Waals surface area contributed by atoms with Crippen LogP contribution in [-0.2, 0) is 20.1 Å². The summed E-state index contributed by atoms with van der Waals surface area (Å²) in [6, 6.07) is 8.24. The first-order valence-corrected chi connectivity index (χ1v) is 10.6. The Morgan fingerprint density at radius 3 is 2.24 bits per heavy atom. The Balaban J connectivity index is 2.26. The minimum absolute atomic E-state index is 0.133. The van der Waals surface area contributed by atoms with Crippen molar-refractivity contribution < 1.29 is 31.9 Å². The Kier molecular flexibility index (Phi) is 4.92. The molecule has 0 fully saturated rings. The lowest BCUT2D eigenvalue weighted by Gasteiger charge is -2.09. The van der Waals surface area contributed by atoms with Crippen LogP contribution >= 0.6 is 0 Å². The van der Waals surface area contributed by atoms with Gasteiger partial charge in [0.05, 0.1) is 4.90 Å². The predicted molar refractivity (Wildman–Crippen MR) is 104 cm³/mol. The molecule has 0 saturated heterocycles. The lowest BCUT2D eigenvalue weighted by Crippen LogP contribution is -1.99. The van der Waals surface area contributed by atoms with E-state index in [0.29, 0.717) is 0 Å². The Morgan fingerprint density at radius 2 is 1.62 bits per heavy atom. The van der Waals surface area contributed by atoms with Gasteiger partial charge in [0.1, 0.15) is 22.0 Å². The van der Waals surface area contributed by atoms with Gasteiger partial charge in [-0.2, -0.15) is 8.42 Å². The van der Waals surface area contributed by atoms with E-state index in [0.717, 1.165) is 24.3 Å². The van der Waals surface area contributed by atoms with Crippen LogP contribution in [0.5, 0.6) is 11.5 Å². The van der Waals surface area contributed by atoms with E-state index < -0.39 is 42.2 Å². The molecule has 3 aromatic carbocycles. The van der Waals surface area contributed by atoms with Gasteiger partial charge in [-0.15, -0.1) is 10.2 Å². The third kappa shape index (κ3) is 4.12. The van der Waals surface area contributed by atoms with Gasteiger partial charge in [-0.3, -0.25) is 9.11 Å². The molecule has 0 radical (unpaired) electrons. The monoisotopic (exact) mass is 438 g/mol. The van der Waals surface area contributed by atoms with Crippen LogP contribution in [0.4, 0.5) is 17.1 Å². The van der Waals surface area contributed by atoms with Crippen LogP contribution in [-0.4, -0.2) is 31.9 Å². The second-order valence-electron chi connectivity index (χ2n) is 5.90. The van der Waals surface area contributed by atoms with Gasteiger partial charge in [0.25, 0.3) is 10.1 Å². The maximum absolute atomic E-state index is 11.8. The number of hydrogen-bond acceptors (Lipinski definition) is 9. The highest BCUT2D eigenvalue weighted by molar-refractivity contribution is 7.87. The van der Waals surface area contributed by atoms with Gasteiger partial charge in [-0.05, 0) is 41.8 Å². The largest absolute Gasteiger partial charge is 0.506 e. The standard InChI is InChI=1S/C16H14N4O7S2/c17-9-2-1-8-5-14(29(25,26)27)15(16(22)11(8)6-9)20-19-12-7-10(28(18,23)24)3-4-13(12)21/h1-7,21-22H,17H2,(H2,18,23,24)(H,25,26,27). The van der Waals surface area contributed by atoms with Crippen LogP contribution in [0.3, 0.4) is 0 Å². The van der Waals surface area contributed by atoms with Crippen LogP contribution in [0.15, 0.2) is 62.5 Å². The van der Waals surface area contributed by atoms with Gasteiger partial charge in [0.15, 0.2) is 15.8 Å². The summed E-state index contributed by atoms with van der Waals surface area (Å²) < 4.78 is 60.9. The first kappa shape index (κ1) is 20.5. The van der Waals surface area contributed by atoms with Crippen molar-refractivity contribution in [1.29, 1.82) is 4.78 Å². The number of nitrogens with two attached hydrogens (primary N) is 1. The molecule has 29 heavy (non-hydrogen) atoms. The first-order chi connectivity index (χ1) is 13.4. The molecule has 0 aliphatic rings. The summed E-state index contributed by atoms with van der Waals surface area (Å²) in [6.07, 6.45) is 0. The van der Waals surface area contributed by atoms with E-state index in [9.17, 15) is 31.9 Å². The summed E-state index contributed by atoms with van der Waals surface area (Å²) in [5.74, 6) is -1.13. The zero-order chi connectivity index (χ0) is 21.6. The van der Waals surface area contributed by atoms with Crippen molar-refractivity contribution in [2.24, 2.45) is 10.2 Å². The van der Waals surface area contributed by atoms with Crippen LogP contribution in [0.1, 0.15) is 0 Å². The minimum atomic E-state index is -4.83. The SMILES string of the molecule is N=S(=O)(O)c1ccc(O)c(N=Nc2c(S(=O)(=O)O)cc3ccc(N)cc3c2O)c1. The third-order valence-electron chi connectivity index (χ3n) is 3.88. The molecule has 3 rings (SSSR count). The number of phenolic OH excluding ortho intramolecular Hbond substituents is 2. The number of hydrogen-bond donors (Lipinski definition) is 6. The summed E-state index contributed by atoms with van der Waals surface area (Å²) in [5.41, 5.74) is 4.94. The molecule has 0 aromatic heterocycles. The average Bonchev–Trinajstić information content (AvgIpc) is 2.60. The molecule has 7 N–H and O–H groups in total. The van der Waals surface area contributed by atoms with Crippen LogP contribution < -0.4 is 5.73 Å². The van der Waals surface area contributed by atoms with Gasteiger partial charge < -0.3 is 15.9 Å². The van der Waals surface area contributed by atoms with E-state index in [1.807, 2.05) is 0 Å². The molecule has 0 heterocycles. The number of phenols is 2. The van der Waals surface area contributed by atoms with E-state index in [-0.39, 0.29) is 27.0 Å². The van der Waals surface area contributed by atoms with E-state index in [1.54, 1.807) is 0 Å². The third-order valence-corrected chi connectivity index (χ3v) is 5.64. The zero-order valence-electron chi connectivity index (χ0n) is 14.3. The summed E-state index contributed by atoms with van der Waals surface area (Å²) in [5, 5.41) is 27.9. The molecule has 11 nitrogen and oxygen atoms in total. The lowest BCUT2D eigenvalue weighted by atomic mass is 10.1. The molecule has 1 unspecified atom stereocenters. The Hall–Kier alpha value is -3.26. The highest BCUT2D eigenvalue weighted by Crippen LogP contribution is 2.42. The number of nitrogens with zero attached hydrogens (tertiary/aromatic N) is 2. The molecule has 13 heteroatoms. The summed E-state index contributed by atoms with van der Waals surface area (Å²) in [4.78, 5) is -1.13. The molecular formula is C16H14N4O7S2. The predicted octanol–water partition coefficient (Wildman–Crippen LogP) is 3.37. The van der Waals surface area contributed by atoms with Gasteiger partial charge in [0.2, 0.25) is 0 Å². The second-order valence-corrected chi connectivity index (χ2v) is 8.82. The van der Waals surface area contributed by atoms with Crippen LogP contribution in [0.2, 0.25) is 0 Å². The number of anilines is 1. The van der Waals surface area contributed by atoms with Crippen molar-refractivity contribution in [2.45, 2.75) is 9.79 Å². The number of aromatic hydroxyl groups is 2. The summed E-state index contributed by atoms with van der Waals surface area (Å²) in [7, 11) is -8.94. The molecule has 0 saturated carbocycles. The van der Waals surface area contributed by atoms with Crippen molar-refractivity contribution in [2.75, 3.05) is 5.73 Å². The summed E-state index contributed by atoms with van der Waals surface area (Å²) in [6.45, 7) is 0. The van der Waals surface area contributed by atoms with Crippen molar-refractivity contribution in [3.63, 3.8) is 0 Å². The van der Waals surface area contributed by atoms with Crippen molar-refractivity contribution >= 4 is 48.0 Å². The number of azo groups is 1. The van der Waals surface area contributed by atoms with E-state index >= 15 is 0 Å². The fourth-order valence-corrected chi connectivity index (χ4v) is 3.69. The minimum Gasteiger partial charge on any atom is -0.506 e. The van der Waals surface area contributed by atoms with Crippen molar-refractivity contribution in [3.05, 3.63) is 42.5 Å². The molecule has 3 aromatic rings. The number of nitrogen functional groups attached to an aromatic ring is 1. The van der Waals surface area contributed by atoms with Gasteiger partial charge in [-0.1, -0.05) is 6.07 Å². The normalized spacial score (nSPS) is 14.3. The number of fused-ring (bicyclic) bond motifs is 1. The van der Waals surface area contributed by atoms with Crippen LogP contribution in [0, 0.1) is 4.78 Å². The molecule has 0 bridgehead atoms. The van der Waals surface area contributed by atoms with Crippen LogP contribution in [0.25, 0.3) is 10.8 Å². The van der Waals surface area contributed by atoms with Crippen molar-refractivity contribution in [3.8, 4) is 11.5 Å². The molecule has 1 atom stereocenters. The maximum atomic E-state index is 11.8. The smallest absolute Gasteiger partial charge is 0.296 e. The second kappa shape index (κ2) is 6.97. The molecule has 152 valence electrons. The fraction of sp³-hybridized carbons (Fsp3) is 0. The molecular weight excluding hydrogens is 424 g/mol. The first-order valence-electron chi connectivity index (χ1n) is 7.66. The topological polar surface area (TPSA) is 207 Å². The van der Waals surface area contributed by atoms with Gasteiger partial charge >= 0.3 is 0 Å². The number of rotatable bonds is 4. The van der Waals surface area contributed by atoms with Crippen molar-refractivity contribution in [1.82, 2.24) is 0 Å². The van der Waals surface area contributed by atoms with E-state index in [4.69, 9.17) is 10.5 Å². The van der Waals surface area contributed by atoms with E-state index in [1.165, 1.54) is 18.2 Å². The van der Waals surface area contributed by atoms with Gasteiger partial charge in [-0.25, -0.2) is 8.99 Å². The molecule has 0 spiro atoms. The highest BCUT2D eigenvalue weighted by atomic mass is 32.2. The Labute approximate surface area is 164 Å². The highest BCUT2D eigenvalue weighted by Gasteiger charge is 2.22. The molecule has 0 aliphatic heterocycles. The zero-order valence-corrected chi connectivity index (χ0v) is 16.0. The molecule has 0 amide bonds. The fourth-order valence-electron chi connectivity index (χ4n) is 2.51. The lowest BCUT2D eigenvalue weighted by molar-refractivity contribution is 0.471. The molecule has 0 aliphatic carbocycles. The maximum Gasteiger partial charge on any atom is 0.296 e. The number of benzene rings is 3. The number of nitrogens with one attached hydrogen (secondary N) is 1.